The van der Waals surface area contributed by atoms with Gasteiger partial charge in [-0.3, -0.25) is 9.36 Å². The molecule has 0 spiro atoms. The second-order valence-electron chi connectivity index (χ2n) is 7.41. The van der Waals surface area contributed by atoms with Gasteiger partial charge in [-0.15, -0.1) is 0 Å². The molecule has 8 nitrogen and oxygen atoms in total. The molecular weight excluding hydrogens is 404 g/mol. The maximum atomic E-state index is 13.6. The van der Waals surface area contributed by atoms with Crippen LogP contribution in [0.25, 0.3) is 38.9 Å². The molecule has 0 aliphatic heterocycles. The molecule has 0 aliphatic carbocycles. The predicted octanol–water partition coefficient (Wildman–Crippen LogP) is 4.07. The molecule has 6 rings (SSSR count). The van der Waals surface area contributed by atoms with E-state index in [4.69, 9.17) is 14.4 Å². The fraction of sp³-hybridized carbons (Fsp3) is 0.0417. The van der Waals surface area contributed by atoms with Crippen LogP contribution in [0.3, 0.4) is 0 Å². The summed E-state index contributed by atoms with van der Waals surface area (Å²) in [6.45, 7) is 2.00. The quantitative estimate of drug-likeness (QED) is 0.403. The molecule has 0 N–H and O–H groups in total. The molecule has 0 saturated heterocycles. The van der Waals surface area contributed by atoms with Gasteiger partial charge in [-0.05, 0) is 43.3 Å². The lowest BCUT2D eigenvalue weighted by atomic mass is 10.2. The van der Waals surface area contributed by atoms with Gasteiger partial charge in [-0.25, -0.2) is 15.0 Å². The van der Waals surface area contributed by atoms with Gasteiger partial charge in [0.1, 0.15) is 23.0 Å². The fourth-order valence-corrected chi connectivity index (χ4v) is 3.70. The number of rotatable bonds is 3. The Hall–Kier alpha value is -4.59. The predicted molar refractivity (Wildman–Crippen MR) is 122 cm³/mol. The smallest absolute Gasteiger partial charge is 0.269 e. The van der Waals surface area contributed by atoms with E-state index in [0.717, 1.165) is 11.3 Å². The molecule has 6 aromatic rings. The van der Waals surface area contributed by atoms with Crippen LogP contribution in [-0.2, 0) is 0 Å². The molecule has 0 radical (unpaired) electrons. The third-order valence-electron chi connectivity index (χ3n) is 5.30. The lowest BCUT2D eigenvalue weighted by Gasteiger charge is -2.05. The van der Waals surface area contributed by atoms with Crippen LogP contribution >= 0.6 is 0 Å². The monoisotopic (exact) mass is 420 g/mol. The van der Waals surface area contributed by atoms with Gasteiger partial charge in [0.15, 0.2) is 11.3 Å². The number of nitrogens with zero attached hydrogens (tertiary/aromatic N) is 6. The third kappa shape index (κ3) is 2.81. The molecule has 0 bridgehead atoms. The summed E-state index contributed by atoms with van der Waals surface area (Å²) in [6, 6.07) is 18.8. The van der Waals surface area contributed by atoms with E-state index >= 15 is 0 Å². The molecular formula is C24H16N6O2. The van der Waals surface area contributed by atoms with Crippen LogP contribution in [-0.4, -0.2) is 30.4 Å². The van der Waals surface area contributed by atoms with Crippen molar-refractivity contribution in [3.8, 4) is 5.69 Å². The van der Waals surface area contributed by atoms with E-state index in [9.17, 15) is 4.79 Å². The van der Waals surface area contributed by atoms with Crippen LogP contribution in [0.15, 0.2) is 87.6 Å². The van der Waals surface area contributed by atoms with Crippen molar-refractivity contribution >= 4 is 39.4 Å². The van der Waals surface area contributed by atoms with Gasteiger partial charge in [0.05, 0.1) is 29.2 Å². The minimum Gasteiger partial charge on any atom is -0.463 e. The van der Waals surface area contributed by atoms with E-state index in [1.54, 1.807) is 24.6 Å². The van der Waals surface area contributed by atoms with Gasteiger partial charge in [-0.2, -0.15) is 9.78 Å². The highest BCUT2D eigenvalue weighted by Crippen LogP contribution is 2.25. The van der Waals surface area contributed by atoms with Crippen LogP contribution in [0.4, 0.5) is 0 Å². The molecule has 0 aliphatic rings. The first kappa shape index (κ1) is 18.2. The molecule has 4 heterocycles. The average molecular weight is 420 g/mol. The number of aromatic nitrogens is 5. The molecule has 154 valence electrons. The van der Waals surface area contributed by atoms with E-state index in [0.29, 0.717) is 39.0 Å². The van der Waals surface area contributed by atoms with Gasteiger partial charge in [0.2, 0.25) is 0 Å². The van der Waals surface area contributed by atoms with Crippen molar-refractivity contribution in [3.05, 3.63) is 94.9 Å². The zero-order valence-corrected chi connectivity index (χ0v) is 17.0. The van der Waals surface area contributed by atoms with Crippen molar-refractivity contribution in [2.75, 3.05) is 0 Å². The largest absolute Gasteiger partial charge is 0.463 e. The summed E-state index contributed by atoms with van der Waals surface area (Å²) < 4.78 is 8.40. The summed E-state index contributed by atoms with van der Waals surface area (Å²) in [5.74, 6) is 0.571. The second-order valence-corrected chi connectivity index (χ2v) is 7.41. The Morgan fingerprint density at radius 1 is 0.938 bits per heavy atom. The standard InChI is InChI=1S/C24H16N6O2/c1-15-8-10-16(11-9-15)29-14-25-22-20(24(29)31)21-23(28-19-7-3-2-6-18(19)27-21)30(22)26-13-17-5-4-12-32-17/h2-14H,1H3/b26-13-. The number of hydrogen-bond acceptors (Lipinski definition) is 6. The van der Waals surface area contributed by atoms with Crippen LogP contribution in [0.2, 0.25) is 0 Å². The Morgan fingerprint density at radius 3 is 2.47 bits per heavy atom. The fourth-order valence-electron chi connectivity index (χ4n) is 3.70. The topological polar surface area (TPSA) is 91.1 Å². The molecule has 4 aromatic heterocycles. The minimum absolute atomic E-state index is 0.236. The zero-order valence-electron chi connectivity index (χ0n) is 17.0. The Kier molecular flexibility index (Phi) is 3.97. The molecule has 0 fully saturated rings. The lowest BCUT2D eigenvalue weighted by Crippen LogP contribution is -2.18. The first-order chi connectivity index (χ1) is 15.7. The van der Waals surface area contributed by atoms with Crippen molar-refractivity contribution in [2.45, 2.75) is 6.92 Å². The minimum atomic E-state index is -0.236. The molecule has 0 saturated carbocycles. The van der Waals surface area contributed by atoms with Gasteiger partial charge in [-0.1, -0.05) is 29.8 Å². The number of furan rings is 1. The number of hydrogen-bond donors (Lipinski definition) is 0. The molecule has 0 atom stereocenters. The third-order valence-corrected chi connectivity index (χ3v) is 5.30. The van der Waals surface area contributed by atoms with Crippen LogP contribution in [0.1, 0.15) is 11.3 Å². The highest BCUT2D eigenvalue weighted by Gasteiger charge is 2.20. The summed E-state index contributed by atoms with van der Waals surface area (Å²) in [6.07, 6.45) is 4.63. The first-order valence-electron chi connectivity index (χ1n) is 10.0. The Labute approximate surface area is 181 Å². The molecule has 0 unspecified atom stereocenters. The summed E-state index contributed by atoms with van der Waals surface area (Å²) in [7, 11) is 0. The normalized spacial score (nSPS) is 11.9. The molecule has 0 amide bonds. The Bertz CT molecular complexity index is 1690. The van der Waals surface area contributed by atoms with Crippen LogP contribution in [0.5, 0.6) is 0 Å². The first-order valence-corrected chi connectivity index (χ1v) is 10.0. The second kappa shape index (κ2) is 6.98. The summed E-state index contributed by atoms with van der Waals surface area (Å²) in [4.78, 5) is 27.6. The van der Waals surface area contributed by atoms with E-state index in [2.05, 4.69) is 10.1 Å². The maximum Gasteiger partial charge on any atom is 0.269 e. The van der Waals surface area contributed by atoms with E-state index in [1.165, 1.54) is 15.6 Å². The number of para-hydroxylation sites is 2. The Morgan fingerprint density at radius 2 is 1.72 bits per heavy atom. The SMILES string of the molecule is Cc1ccc(-n2cnc3c(c2=O)c2nc4ccccc4nc2n3/N=C\c2ccco2)cc1. The van der Waals surface area contributed by atoms with Crippen molar-refractivity contribution in [2.24, 2.45) is 5.10 Å². The van der Waals surface area contributed by atoms with Crippen molar-refractivity contribution < 1.29 is 4.42 Å². The summed E-state index contributed by atoms with van der Waals surface area (Å²) in [5.41, 5.74) is 4.28. The van der Waals surface area contributed by atoms with Crippen molar-refractivity contribution in [1.29, 1.82) is 0 Å². The number of benzene rings is 2. The van der Waals surface area contributed by atoms with E-state index < -0.39 is 0 Å². The molecule has 2 aromatic carbocycles. The number of aryl methyl sites for hydroxylation is 1. The highest BCUT2D eigenvalue weighted by atomic mass is 16.3. The highest BCUT2D eigenvalue weighted by molar-refractivity contribution is 6.04. The van der Waals surface area contributed by atoms with Crippen LogP contribution < -0.4 is 5.56 Å². The van der Waals surface area contributed by atoms with E-state index in [1.807, 2.05) is 55.5 Å². The maximum absolute atomic E-state index is 13.6. The van der Waals surface area contributed by atoms with Crippen molar-refractivity contribution in [1.82, 2.24) is 24.2 Å². The molecule has 32 heavy (non-hydrogen) atoms. The number of fused-ring (bicyclic) bond motifs is 4. The van der Waals surface area contributed by atoms with E-state index in [-0.39, 0.29) is 5.56 Å². The zero-order chi connectivity index (χ0) is 21.7. The summed E-state index contributed by atoms with van der Waals surface area (Å²) >= 11 is 0. The van der Waals surface area contributed by atoms with Gasteiger partial charge in [0, 0.05) is 0 Å². The van der Waals surface area contributed by atoms with Crippen LogP contribution in [0, 0.1) is 6.92 Å². The Balaban J connectivity index is 1.69. The summed E-state index contributed by atoms with van der Waals surface area (Å²) in [5, 5.41) is 4.87. The molecule has 8 heteroatoms. The average Bonchev–Trinajstić information content (AvgIpc) is 3.43. The van der Waals surface area contributed by atoms with Gasteiger partial charge < -0.3 is 4.42 Å². The van der Waals surface area contributed by atoms with Crippen molar-refractivity contribution in [3.63, 3.8) is 0 Å². The van der Waals surface area contributed by atoms with Gasteiger partial charge >= 0.3 is 0 Å². The lowest BCUT2D eigenvalue weighted by molar-refractivity contribution is 0.559. The van der Waals surface area contributed by atoms with Gasteiger partial charge in [0.25, 0.3) is 5.56 Å².